The molecule has 8 heteroatoms. The Bertz CT molecular complexity index is 718. The Morgan fingerprint density at radius 3 is 2.62 bits per heavy atom. The van der Waals surface area contributed by atoms with Crippen molar-refractivity contribution in [2.24, 2.45) is 0 Å². The summed E-state index contributed by atoms with van der Waals surface area (Å²) in [6, 6.07) is 6.48. The van der Waals surface area contributed by atoms with Crippen LogP contribution in [-0.4, -0.2) is 60.2 Å². The molecule has 8 nitrogen and oxygen atoms in total. The fraction of sp³-hybridized carbons (Fsp3) is 0.375. The normalized spacial score (nSPS) is 17.9. The van der Waals surface area contributed by atoms with Gasteiger partial charge in [0.25, 0.3) is 5.91 Å². The van der Waals surface area contributed by atoms with Crippen LogP contribution in [-0.2, 0) is 14.4 Å². The van der Waals surface area contributed by atoms with E-state index in [4.69, 9.17) is 0 Å². The molecule has 3 rings (SSSR count). The maximum Gasteiger partial charge on any atom is 0.327 e. The summed E-state index contributed by atoms with van der Waals surface area (Å²) in [6.45, 7) is 0.326. The van der Waals surface area contributed by atoms with Crippen molar-refractivity contribution in [1.29, 1.82) is 0 Å². The Labute approximate surface area is 139 Å². The molecule has 0 unspecified atom stereocenters. The van der Waals surface area contributed by atoms with Crippen molar-refractivity contribution >= 4 is 35.1 Å². The number of nitrogens with one attached hydrogen (secondary N) is 1. The van der Waals surface area contributed by atoms with E-state index in [0.717, 1.165) is 17.0 Å². The number of urea groups is 1. The molecule has 5 amide bonds. The molecular formula is C16H18N4O4. The first-order valence-corrected chi connectivity index (χ1v) is 7.71. The fourth-order valence-electron chi connectivity index (χ4n) is 2.84. The largest absolute Gasteiger partial charge is 0.327 e. The Hall–Kier alpha value is -2.90. The first kappa shape index (κ1) is 16.0. The Balaban J connectivity index is 1.65. The average molecular weight is 330 g/mol. The molecule has 0 atom stereocenters. The topological polar surface area (TPSA) is 90.0 Å². The summed E-state index contributed by atoms with van der Waals surface area (Å²) in [5, 5.41) is 2.66. The molecule has 2 heterocycles. The molecule has 1 aromatic rings. The number of carbonyl (C=O) groups excluding carboxylic acids is 4. The van der Waals surface area contributed by atoms with E-state index in [1.165, 1.54) is 11.9 Å². The zero-order valence-corrected chi connectivity index (χ0v) is 13.3. The van der Waals surface area contributed by atoms with Crippen LogP contribution in [0.4, 0.5) is 16.2 Å². The average Bonchev–Trinajstić information content (AvgIpc) is 3.06. The van der Waals surface area contributed by atoms with E-state index in [1.54, 1.807) is 29.2 Å². The molecule has 0 spiro atoms. The number of hydrogen-bond donors (Lipinski definition) is 1. The lowest BCUT2D eigenvalue weighted by Crippen LogP contribution is -2.38. The second-order valence-electron chi connectivity index (χ2n) is 5.87. The summed E-state index contributed by atoms with van der Waals surface area (Å²) < 4.78 is 0. The minimum absolute atomic E-state index is 0.0152. The summed E-state index contributed by atoms with van der Waals surface area (Å²) in [5.41, 5.74) is 1.24. The van der Waals surface area contributed by atoms with E-state index >= 15 is 0 Å². The molecule has 126 valence electrons. The van der Waals surface area contributed by atoms with Crippen molar-refractivity contribution in [2.45, 2.75) is 12.8 Å². The zero-order chi connectivity index (χ0) is 17.3. The Kier molecular flexibility index (Phi) is 4.20. The van der Waals surface area contributed by atoms with Crippen LogP contribution in [0.2, 0.25) is 0 Å². The van der Waals surface area contributed by atoms with Crippen LogP contribution in [0.5, 0.6) is 0 Å². The predicted molar refractivity (Wildman–Crippen MR) is 86.4 cm³/mol. The van der Waals surface area contributed by atoms with E-state index in [1.807, 2.05) is 0 Å². The van der Waals surface area contributed by atoms with Gasteiger partial charge in [-0.05, 0) is 24.6 Å². The first-order chi connectivity index (χ1) is 11.5. The van der Waals surface area contributed by atoms with E-state index < -0.39 is 17.8 Å². The van der Waals surface area contributed by atoms with Crippen LogP contribution in [0.1, 0.15) is 12.8 Å². The second-order valence-corrected chi connectivity index (χ2v) is 5.87. The minimum atomic E-state index is -0.480. The van der Waals surface area contributed by atoms with Gasteiger partial charge in [0.2, 0.25) is 11.8 Å². The summed E-state index contributed by atoms with van der Waals surface area (Å²) in [5.74, 6) is -0.791. The molecule has 2 aliphatic heterocycles. The van der Waals surface area contributed by atoms with Crippen molar-refractivity contribution in [2.75, 3.05) is 36.9 Å². The molecule has 0 saturated carbocycles. The third-order valence-corrected chi connectivity index (χ3v) is 4.05. The van der Waals surface area contributed by atoms with E-state index in [0.29, 0.717) is 18.7 Å². The molecule has 1 aromatic carbocycles. The van der Waals surface area contributed by atoms with Crippen molar-refractivity contribution in [3.8, 4) is 0 Å². The summed E-state index contributed by atoms with van der Waals surface area (Å²) in [7, 11) is 1.51. The number of likely N-dealkylation sites (N-methyl/N-ethyl adjacent to an activating group) is 1. The standard InChI is InChI=1S/C16H18N4O4/c1-18-10-15(23)20(16(18)24)9-13(21)17-11-4-2-5-12(8-11)19-7-3-6-14(19)22/h2,4-5,8H,3,6-7,9-10H2,1H3,(H,17,21). The number of rotatable bonds is 4. The van der Waals surface area contributed by atoms with Gasteiger partial charge in [0.05, 0.1) is 0 Å². The number of anilines is 2. The highest BCUT2D eigenvalue weighted by Crippen LogP contribution is 2.24. The molecule has 1 N–H and O–H groups in total. The van der Waals surface area contributed by atoms with Gasteiger partial charge < -0.3 is 15.1 Å². The lowest BCUT2D eigenvalue weighted by Gasteiger charge is -2.17. The van der Waals surface area contributed by atoms with Crippen LogP contribution in [0.3, 0.4) is 0 Å². The SMILES string of the molecule is CN1CC(=O)N(CC(=O)Nc2cccc(N3CCCC3=O)c2)C1=O. The van der Waals surface area contributed by atoms with Gasteiger partial charge in [-0.25, -0.2) is 4.79 Å². The number of benzene rings is 1. The quantitative estimate of drug-likeness (QED) is 0.821. The first-order valence-electron chi connectivity index (χ1n) is 7.71. The number of carbonyl (C=O) groups is 4. The third-order valence-electron chi connectivity index (χ3n) is 4.05. The van der Waals surface area contributed by atoms with Crippen molar-refractivity contribution < 1.29 is 19.2 Å². The molecule has 0 aromatic heterocycles. The summed E-state index contributed by atoms with van der Waals surface area (Å²) in [4.78, 5) is 51.2. The summed E-state index contributed by atoms with van der Waals surface area (Å²) >= 11 is 0. The minimum Gasteiger partial charge on any atom is -0.324 e. The monoisotopic (exact) mass is 330 g/mol. The highest BCUT2D eigenvalue weighted by molar-refractivity contribution is 6.06. The van der Waals surface area contributed by atoms with Gasteiger partial charge >= 0.3 is 6.03 Å². The fourth-order valence-corrected chi connectivity index (χ4v) is 2.84. The summed E-state index contributed by atoms with van der Waals surface area (Å²) in [6.07, 6.45) is 1.35. The molecule has 0 radical (unpaired) electrons. The molecule has 0 bridgehead atoms. The van der Waals surface area contributed by atoms with Gasteiger partial charge in [0.15, 0.2) is 0 Å². The third kappa shape index (κ3) is 3.08. The smallest absolute Gasteiger partial charge is 0.324 e. The number of amides is 5. The van der Waals surface area contributed by atoms with Crippen molar-refractivity contribution in [3.63, 3.8) is 0 Å². The molecular weight excluding hydrogens is 312 g/mol. The number of hydrogen-bond acceptors (Lipinski definition) is 4. The van der Waals surface area contributed by atoms with E-state index in [-0.39, 0.29) is 19.0 Å². The van der Waals surface area contributed by atoms with Crippen LogP contribution in [0, 0.1) is 0 Å². The number of nitrogens with zero attached hydrogens (tertiary/aromatic N) is 3. The Morgan fingerprint density at radius 2 is 2.00 bits per heavy atom. The van der Waals surface area contributed by atoms with Crippen LogP contribution < -0.4 is 10.2 Å². The highest BCUT2D eigenvalue weighted by atomic mass is 16.2. The maximum atomic E-state index is 12.1. The van der Waals surface area contributed by atoms with Gasteiger partial charge in [-0.15, -0.1) is 0 Å². The Morgan fingerprint density at radius 1 is 1.21 bits per heavy atom. The van der Waals surface area contributed by atoms with Crippen molar-refractivity contribution in [3.05, 3.63) is 24.3 Å². The molecule has 2 aliphatic rings. The van der Waals surface area contributed by atoms with Gasteiger partial charge in [-0.1, -0.05) is 6.07 Å². The van der Waals surface area contributed by atoms with Crippen molar-refractivity contribution in [1.82, 2.24) is 9.80 Å². The molecule has 24 heavy (non-hydrogen) atoms. The highest BCUT2D eigenvalue weighted by Gasteiger charge is 2.34. The predicted octanol–water partition coefficient (Wildman–Crippen LogP) is 0.646. The zero-order valence-electron chi connectivity index (χ0n) is 13.3. The molecule has 2 fully saturated rings. The molecule has 0 aliphatic carbocycles. The van der Waals surface area contributed by atoms with E-state index in [2.05, 4.69) is 5.32 Å². The van der Waals surface area contributed by atoms with Gasteiger partial charge in [-0.2, -0.15) is 0 Å². The van der Waals surface area contributed by atoms with Crippen LogP contribution >= 0.6 is 0 Å². The van der Waals surface area contributed by atoms with Crippen LogP contribution in [0.25, 0.3) is 0 Å². The lowest BCUT2D eigenvalue weighted by molar-refractivity contribution is -0.129. The number of imide groups is 1. The maximum absolute atomic E-state index is 12.1. The van der Waals surface area contributed by atoms with Gasteiger partial charge in [0.1, 0.15) is 13.1 Å². The van der Waals surface area contributed by atoms with E-state index in [9.17, 15) is 19.2 Å². The molecule has 2 saturated heterocycles. The van der Waals surface area contributed by atoms with Crippen LogP contribution in [0.15, 0.2) is 24.3 Å². The van der Waals surface area contributed by atoms with Gasteiger partial charge in [0, 0.05) is 31.4 Å². The van der Waals surface area contributed by atoms with Gasteiger partial charge in [-0.3, -0.25) is 19.3 Å². The lowest BCUT2D eigenvalue weighted by atomic mass is 10.2. The second kappa shape index (κ2) is 6.31.